The van der Waals surface area contributed by atoms with E-state index in [0.29, 0.717) is 10.2 Å². The largest absolute Gasteiger partial charge is 0.457 e. The van der Waals surface area contributed by atoms with Crippen molar-refractivity contribution in [2.24, 2.45) is 0 Å². The summed E-state index contributed by atoms with van der Waals surface area (Å²) in [6.07, 6.45) is 3.56. The molecule has 0 atom stereocenters. The van der Waals surface area contributed by atoms with E-state index in [1.807, 2.05) is 11.0 Å². The van der Waals surface area contributed by atoms with Crippen LogP contribution in [0.5, 0.6) is 0 Å². The Kier molecular flexibility index (Phi) is 3.19. The van der Waals surface area contributed by atoms with Crippen LogP contribution in [-0.2, 0) is 6.42 Å². The van der Waals surface area contributed by atoms with Crippen LogP contribution < -0.4 is 4.90 Å². The molecule has 0 saturated heterocycles. The predicted molar refractivity (Wildman–Crippen MR) is 77.6 cm³/mol. The maximum Gasteiger partial charge on any atom is 0.262 e. The summed E-state index contributed by atoms with van der Waals surface area (Å²) >= 11 is 3.27. The van der Waals surface area contributed by atoms with Crippen LogP contribution in [0.25, 0.3) is 0 Å². The Hall–Kier alpha value is -1.55. The second-order valence-electron chi connectivity index (χ2n) is 4.80. The van der Waals surface area contributed by atoms with Gasteiger partial charge < -0.3 is 9.32 Å². The van der Waals surface area contributed by atoms with Gasteiger partial charge in [-0.15, -0.1) is 0 Å². The zero-order valence-corrected chi connectivity index (χ0v) is 12.2. The first-order chi connectivity index (χ1) is 9.16. The molecule has 2 heterocycles. The summed E-state index contributed by atoms with van der Waals surface area (Å²) in [4.78, 5) is 14.4. The summed E-state index contributed by atoms with van der Waals surface area (Å²) in [7, 11) is 0. The molecule has 3 nitrogen and oxygen atoms in total. The van der Waals surface area contributed by atoms with E-state index in [0.717, 1.165) is 25.1 Å². The molecular weight excluding hydrogens is 306 g/mol. The number of fused-ring (bicyclic) bond motifs is 1. The fourth-order valence-corrected chi connectivity index (χ4v) is 2.94. The lowest BCUT2D eigenvalue weighted by molar-refractivity contribution is 0.0983. The molecular formula is C15H14BrNO2. The topological polar surface area (TPSA) is 33.5 Å². The zero-order valence-electron chi connectivity index (χ0n) is 10.6. The molecule has 98 valence electrons. The lowest BCUT2D eigenvalue weighted by Crippen LogP contribution is -2.35. The molecule has 1 aliphatic rings. The van der Waals surface area contributed by atoms with Crippen molar-refractivity contribution in [2.45, 2.75) is 19.8 Å². The Balaban J connectivity index is 2.00. The Labute approximate surface area is 120 Å². The molecule has 4 heteroatoms. The molecule has 1 aromatic heterocycles. The molecule has 3 rings (SSSR count). The molecule has 0 saturated carbocycles. The number of rotatable bonds is 1. The van der Waals surface area contributed by atoms with Gasteiger partial charge in [-0.05, 0) is 53.4 Å². The number of furan rings is 1. The SMILES string of the molecule is Cc1ccc2c(c1)CCCN2C(=O)c1ccoc1Br. The van der Waals surface area contributed by atoms with E-state index >= 15 is 0 Å². The van der Waals surface area contributed by atoms with E-state index in [1.165, 1.54) is 17.4 Å². The second kappa shape index (κ2) is 4.85. The van der Waals surface area contributed by atoms with Gasteiger partial charge in [0.1, 0.15) is 0 Å². The van der Waals surface area contributed by atoms with Crippen molar-refractivity contribution in [2.75, 3.05) is 11.4 Å². The number of halogens is 1. The first kappa shape index (κ1) is 12.5. The summed E-state index contributed by atoms with van der Waals surface area (Å²) in [6.45, 7) is 2.83. The van der Waals surface area contributed by atoms with Crippen LogP contribution >= 0.6 is 15.9 Å². The average molecular weight is 320 g/mol. The van der Waals surface area contributed by atoms with Gasteiger partial charge in [-0.25, -0.2) is 0 Å². The van der Waals surface area contributed by atoms with Crippen molar-refractivity contribution in [3.63, 3.8) is 0 Å². The Morgan fingerprint density at radius 1 is 1.37 bits per heavy atom. The van der Waals surface area contributed by atoms with Gasteiger partial charge in [0, 0.05) is 12.2 Å². The van der Waals surface area contributed by atoms with Crippen molar-refractivity contribution in [3.05, 3.63) is 51.9 Å². The molecule has 1 amide bonds. The smallest absolute Gasteiger partial charge is 0.262 e. The van der Waals surface area contributed by atoms with Crippen LogP contribution in [0.1, 0.15) is 27.9 Å². The molecule has 2 aromatic rings. The average Bonchev–Trinajstić information content (AvgIpc) is 2.83. The summed E-state index contributed by atoms with van der Waals surface area (Å²) in [5, 5.41) is 0. The van der Waals surface area contributed by atoms with Crippen molar-refractivity contribution < 1.29 is 9.21 Å². The van der Waals surface area contributed by atoms with Crippen LogP contribution in [0, 0.1) is 6.92 Å². The molecule has 1 aliphatic heterocycles. The van der Waals surface area contributed by atoms with Crippen LogP contribution in [0.15, 0.2) is 39.6 Å². The standard InChI is InChI=1S/C15H14BrNO2/c1-10-4-5-13-11(9-10)3-2-7-17(13)15(18)12-6-8-19-14(12)16/h4-6,8-9H,2-3,7H2,1H3. The highest BCUT2D eigenvalue weighted by atomic mass is 79.9. The van der Waals surface area contributed by atoms with Gasteiger partial charge in [0.2, 0.25) is 0 Å². The van der Waals surface area contributed by atoms with Gasteiger partial charge in [-0.1, -0.05) is 17.7 Å². The van der Waals surface area contributed by atoms with Gasteiger partial charge in [-0.2, -0.15) is 0 Å². The normalized spacial score (nSPS) is 14.3. The zero-order chi connectivity index (χ0) is 13.4. The number of carbonyl (C=O) groups is 1. The van der Waals surface area contributed by atoms with Crippen molar-refractivity contribution in [3.8, 4) is 0 Å². The monoisotopic (exact) mass is 319 g/mol. The molecule has 0 spiro atoms. The van der Waals surface area contributed by atoms with Crippen LogP contribution in [0.4, 0.5) is 5.69 Å². The second-order valence-corrected chi connectivity index (χ2v) is 5.52. The first-order valence-electron chi connectivity index (χ1n) is 6.31. The lowest BCUT2D eigenvalue weighted by atomic mass is 9.99. The van der Waals surface area contributed by atoms with Crippen molar-refractivity contribution >= 4 is 27.5 Å². The molecule has 0 N–H and O–H groups in total. The highest BCUT2D eigenvalue weighted by molar-refractivity contribution is 9.10. The molecule has 19 heavy (non-hydrogen) atoms. The summed E-state index contributed by atoms with van der Waals surface area (Å²) in [5.41, 5.74) is 4.08. The molecule has 0 fully saturated rings. The van der Waals surface area contributed by atoms with E-state index < -0.39 is 0 Å². The number of aryl methyl sites for hydroxylation is 2. The quantitative estimate of drug-likeness (QED) is 0.797. The van der Waals surface area contributed by atoms with Gasteiger partial charge in [0.15, 0.2) is 4.67 Å². The van der Waals surface area contributed by atoms with E-state index in [-0.39, 0.29) is 5.91 Å². The minimum Gasteiger partial charge on any atom is -0.457 e. The fourth-order valence-electron chi connectivity index (χ4n) is 2.53. The third-order valence-electron chi connectivity index (χ3n) is 3.45. The fraction of sp³-hybridized carbons (Fsp3) is 0.267. The van der Waals surface area contributed by atoms with E-state index in [9.17, 15) is 4.79 Å². The van der Waals surface area contributed by atoms with Gasteiger partial charge in [-0.3, -0.25) is 4.79 Å². The van der Waals surface area contributed by atoms with Gasteiger partial charge >= 0.3 is 0 Å². The summed E-state index contributed by atoms with van der Waals surface area (Å²) < 4.78 is 5.65. The molecule has 0 unspecified atom stereocenters. The molecule has 0 radical (unpaired) electrons. The lowest BCUT2D eigenvalue weighted by Gasteiger charge is -2.29. The maximum absolute atomic E-state index is 12.6. The number of amides is 1. The number of benzene rings is 1. The number of carbonyl (C=O) groups excluding carboxylic acids is 1. The number of hydrogen-bond donors (Lipinski definition) is 0. The number of nitrogens with zero attached hydrogens (tertiary/aromatic N) is 1. The molecule has 0 aliphatic carbocycles. The van der Waals surface area contributed by atoms with E-state index in [2.05, 4.69) is 35.0 Å². The number of anilines is 1. The highest BCUT2D eigenvalue weighted by Gasteiger charge is 2.25. The Bertz CT molecular complexity index is 633. The minimum absolute atomic E-state index is 0.00886. The predicted octanol–water partition coefficient (Wildman–Crippen LogP) is 3.94. The van der Waals surface area contributed by atoms with E-state index in [4.69, 9.17) is 4.42 Å². The summed E-state index contributed by atoms with van der Waals surface area (Å²) in [6, 6.07) is 7.96. The minimum atomic E-state index is -0.00886. The Morgan fingerprint density at radius 3 is 2.95 bits per heavy atom. The highest BCUT2D eigenvalue weighted by Crippen LogP contribution is 2.30. The number of hydrogen-bond acceptors (Lipinski definition) is 2. The molecule has 0 bridgehead atoms. The van der Waals surface area contributed by atoms with Crippen molar-refractivity contribution in [1.29, 1.82) is 0 Å². The van der Waals surface area contributed by atoms with Crippen LogP contribution in [0.3, 0.4) is 0 Å². The van der Waals surface area contributed by atoms with Gasteiger partial charge in [0.25, 0.3) is 5.91 Å². The van der Waals surface area contributed by atoms with Crippen molar-refractivity contribution in [1.82, 2.24) is 0 Å². The molecule has 1 aromatic carbocycles. The third kappa shape index (κ3) is 2.21. The Morgan fingerprint density at radius 2 is 2.21 bits per heavy atom. The first-order valence-corrected chi connectivity index (χ1v) is 7.10. The third-order valence-corrected chi connectivity index (χ3v) is 4.06. The van der Waals surface area contributed by atoms with Crippen LogP contribution in [0.2, 0.25) is 0 Å². The summed E-state index contributed by atoms with van der Waals surface area (Å²) in [5.74, 6) is -0.00886. The van der Waals surface area contributed by atoms with Crippen LogP contribution in [-0.4, -0.2) is 12.5 Å². The maximum atomic E-state index is 12.6. The van der Waals surface area contributed by atoms with Gasteiger partial charge in [0.05, 0.1) is 11.8 Å². The van der Waals surface area contributed by atoms with E-state index in [1.54, 1.807) is 6.07 Å².